The predicted octanol–water partition coefficient (Wildman–Crippen LogP) is 0.824. The summed E-state index contributed by atoms with van der Waals surface area (Å²) < 4.78 is 0. The highest BCUT2D eigenvalue weighted by molar-refractivity contribution is 5.19. The van der Waals surface area contributed by atoms with Gasteiger partial charge in [0.1, 0.15) is 0 Å². The van der Waals surface area contributed by atoms with Crippen molar-refractivity contribution in [1.29, 1.82) is 5.26 Å². The Hall–Kier alpha value is -0.630. The van der Waals surface area contributed by atoms with E-state index in [0.717, 1.165) is 5.06 Å². The van der Waals surface area contributed by atoms with E-state index in [4.69, 9.17) is 11.0 Å². The minimum Gasteiger partial charge on any atom is -0.784 e. The molecule has 2 atom stereocenters. The Bertz CT molecular complexity index is 254. The SMILES string of the molecule is CC1(C)C(N)C(C#N)C(C)(C)N1[O-]. The van der Waals surface area contributed by atoms with Crippen molar-refractivity contribution in [2.24, 2.45) is 11.7 Å². The molecule has 1 aliphatic rings. The Morgan fingerprint density at radius 1 is 1.31 bits per heavy atom. The molecule has 13 heavy (non-hydrogen) atoms. The number of hydrogen-bond acceptors (Lipinski definition) is 4. The Morgan fingerprint density at radius 3 is 1.92 bits per heavy atom. The van der Waals surface area contributed by atoms with Gasteiger partial charge in [0.05, 0.1) is 12.0 Å². The maximum absolute atomic E-state index is 11.8. The van der Waals surface area contributed by atoms with Crippen molar-refractivity contribution < 1.29 is 0 Å². The molecule has 0 amide bonds. The fourth-order valence-corrected chi connectivity index (χ4v) is 2.09. The number of hydrogen-bond donors (Lipinski definition) is 1. The van der Waals surface area contributed by atoms with Crippen LogP contribution in [0.25, 0.3) is 0 Å². The van der Waals surface area contributed by atoms with E-state index >= 15 is 0 Å². The summed E-state index contributed by atoms with van der Waals surface area (Å²) in [7, 11) is 0. The molecule has 1 saturated heterocycles. The van der Waals surface area contributed by atoms with Crippen molar-refractivity contribution in [3.63, 3.8) is 0 Å². The molecule has 0 aromatic carbocycles. The summed E-state index contributed by atoms with van der Waals surface area (Å²) in [5.41, 5.74) is 4.54. The van der Waals surface area contributed by atoms with E-state index in [9.17, 15) is 5.21 Å². The fraction of sp³-hybridized carbons (Fsp3) is 0.889. The molecule has 74 valence electrons. The van der Waals surface area contributed by atoms with Crippen LogP contribution >= 0.6 is 0 Å². The van der Waals surface area contributed by atoms with Crippen molar-refractivity contribution in [2.45, 2.75) is 44.8 Å². The second-order valence-electron chi connectivity index (χ2n) is 4.73. The van der Waals surface area contributed by atoms with Crippen LogP contribution in [0.15, 0.2) is 0 Å². The van der Waals surface area contributed by atoms with Gasteiger partial charge in [-0.2, -0.15) is 5.26 Å². The first-order valence-corrected chi connectivity index (χ1v) is 4.39. The van der Waals surface area contributed by atoms with Crippen LogP contribution in [0, 0.1) is 22.5 Å². The molecule has 4 nitrogen and oxygen atoms in total. The van der Waals surface area contributed by atoms with Crippen molar-refractivity contribution in [3.8, 4) is 6.07 Å². The summed E-state index contributed by atoms with van der Waals surface area (Å²) >= 11 is 0. The van der Waals surface area contributed by atoms with Crippen molar-refractivity contribution in [2.75, 3.05) is 0 Å². The molecule has 1 aliphatic heterocycles. The smallest absolute Gasteiger partial charge is 0.0801 e. The van der Waals surface area contributed by atoms with Crippen LogP contribution in [0.3, 0.4) is 0 Å². The van der Waals surface area contributed by atoms with E-state index in [1.165, 1.54) is 0 Å². The topological polar surface area (TPSA) is 76.1 Å². The highest BCUT2D eigenvalue weighted by Crippen LogP contribution is 2.42. The van der Waals surface area contributed by atoms with E-state index < -0.39 is 17.0 Å². The molecule has 0 aliphatic carbocycles. The van der Waals surface area contributed by atoms with E-state index in [1.807, 2.05) is 0 Å². The van der Waals surface area contributed by atoms with Crippen LogP contribution in [0.4, 0.5) is 0 Å². The van der Waals surface area contributed by atoms with Crippen LogP contribution in [-0.4, -0.2) is 22.2 Å². The van der Waals surface area contributed by atoms with Gasteiger partial charge in [-0.3, -0.25) is 0 Å². The lowest BCUT2D eigenvalue weighted by molar-refractivity contribution is 0.133. The monoisotopic (exact) mass is 182 g/mol. The van der Waals surface area contributed by atoms with Gasteiger partial charge in [0.25, 0.3) is 0 Å². The van der Waals surface area contributed by atoms with Crippen molar-refractivity contribution >= 4 is 0 Å². The number of nitrogens with zero attached hydrogens (tertiary/aromatic N) is 2. The zero-order chi connectivity index (χ0) is 10.4. The maximum atomic E-state index is 11.8. The van der Waals surface area contributed by atoms with Crippen LogP contribution < -0.4 is 5.73 Å². The summed E-state index contributed by atoms with van der Waals surface area (Å²) in [5.74, 6) is -0.403. The highest BCUT2D eigenvalue weighted by Gasteiger charge is 2.52. The van der Waals surface area contributed by atoms with Gasteiger partial charge in [-0.15, -0.1) is 0 Å². The number of nitriles is 1. The van der Waals surface area contributed by atoms with E-state index in [0.29, 0.717) is 0 Å². The number of rotatable bonds is 0. The Morgan fingerprint density at radius 2 is 1.77 bits per heavy atom. The molecule has 4 heteroatoms. The first-order valence-electron chi connectivity index (χ1n) is 4.39. The molecule has 0 bridgehead atoms. The third kappa shape index (κ3) is 1.16. The average Bonchev–Trinajstić information content (AvgIpc) is 2.12. The maximum Gasteiger partial charge on any atom is 0.0801 e. The van der Waals surface area contributed by atoms with E-state index in [1.54, 1.807) is 27.7 Å². The zero-order valence-corrected chi connectivity index (χ0v) is 8.53. The van der Waals surface area contributed by atoms with Gasteiger partial charge in [-0.05, 0) is 27.7 Å². The molecule has 0 aromatic heterocycles. The molecule has 1 fully saturated rings. The number of hydroxylamine groups is 2. The fourth-order valence-electron chi connectivity index (χ4n) is 2.09. The van der Waals surface area contributed by atoms with E-state index in [2.05, 4.69) is 6.07 Å². The molecule has 1 heterocycles. The van der Waals surface area contributed by atoms with Gasteiger partial charge in [0, 0.05) is 17.1 Å². The lowest BCUT2D eigenvalue weighted by Gasteiger charge is -2.46. The van der Waals surface area contributed by atoms with Crippen LogP contribution in [0.5, 0.6) is 0 Å². The van der Waals surface area contributed by atoms with Crippen molar-refractivity contribution in [1.82, 2.24) is 5.06 Å². The predicted molar refractivity (Wildman–Crippen MR) is 50.4 cm³/mol. The molecule has 1 rings (SSSR count). The van der Waals surface area contributed by atoms with Gasteiger partial charge in [-0.1, -0.05) is 0 Å². The minimum absolute atomic E-state index is 0.384. The second-order valence-corrected chi connectivity index (χ2v) is 4.73. The van der Waals surface area contributed by atoms with Crippen molar-refractivity contribution in [3.05, 3.63) is 5.21 Å². The highest BCUT2D eigenvalue weighted by atomic mass is 16.5. The lowest BCUT2D eigenvalue weighted by Crippen LogP contribution is -2.49. The normalized spacial score (nSPS) is 37.3. The summed E-state index contributed by atoms with van der Waals surface area (Å²) in [4.78, 5) is 0. The molecule has 2 N–H and O–H groups in total. The zero-order valence-electron chi connectivity index (χ0n) is 8.53. The first kappa shape index (κ1) is 10.5. The van der Waals surface area contributed by atoms with Gasteiger partial charge in [-0.25, -0.2) is 0 Å². The number of nitrogens with two attached hydrogens (primary N) is 1. The molecular formula is C9H16N3O-. The second kappa shape index (κ2) is 2.68. The Kier molecular flexibility index (Phi) is 2.15. The summed E-state index contributed by atoms with van der Waals surface area (Å²) in [6.45, 7) is 7.10. The van der Waals surface area contributed by atoms with Gasteiger partial charge in [0.15, 0.2) is 0 Å². The van der Waals surface area contributed by atoms with Crippen LogP contribution in [0.1, 0.15) is 27.7 Å². The van der Waals surface area contributed by atoms with Gasteiger partial charge >= 0.3 is 0 Å². The third-order valence-electron chi connectivity index (χ3n) is 3.12. The third-order valence-corrected chi connectivity index (χ3v) is 3.12. The summed E-state index contributed by atoms with van der Waals surface area (Å²) in [6, 6.07) is 1.74. The standard InChI is InChI=1S/C9H16N3O/c1-8(2)6(5-10)7(11)9(3,4)12(8)13/h6-7H,11H2,1-4H3/q-1. The lowest BCUT2D eigenvalue weighted by atomic mass is 9.84. The average molecular weight is 182 g/mol. The minimum atomic E-state index is -0.683. The molecule has 0 saturated carbocycles. The quantitative estimate of drug-likeness (QED) is 0.601. The molecular weight excluding hydrogens is 166 g/mol. The largest absolute Gasteiger partial charge is 0.784 e. The molecule has 0 aromatic rings. The summed E-state index contributed by atoms with van der Waals surface area (Å²) in [6.07, 6.45) is 0. The van der Waals surface area contributed by atoms with E-state index in [-0.39, 0.29) is 6.04 Å². The first-order chi connectivity index (χ1) is 5.76. The Balaban J connectivity index is 3.13. The van der Waals surface area contributed by atoms with Crippen LogP contribution in [0.2, 0.25) is 0 Å². The molecule has 2 unspecified atom stereocenters. The Labute approximate surface area is 78.9 Å². The van der Waals surface area contributed by atoms with Gasteiger partial charge in [0.2, 0.25) is 0 Å². The van der Waals surface area contributed by atoms with Crippen LogP contribution in [-0.2, 0) is 0 Å². The molecule has 0 spiro atoms. The molecule has 0 radical (unpaired) electrons. The summed E-state index contributed by atoms with van der Waals surface area (Å²) in [5, 5.41) is 21.7. The van der Waals surface area contributed by atoms with Gasteiger partial charge < -0.3 is 16.0 Å².